The van der Waals surface area contributed by atoms with Gasteiger partial charge in [-0.3, -0.25) is 5.41 Å². The minimum Gasteiger partial charge on any atom is -0.368 e. The van der Waals surface area contributed by atoms with E-state index < -0.39 is 0 Å². The van der Waals surface area contributed by atoms with Crippen LogP contribution >= 0.6 is 0 Å². The van der Waals surface area contributed by atoms with E-state index in [9.17, 15) is 4.39 Å². The number of amidine groups is 1. The zero-order valence-corrected chi connectivity index (χ0v) is 14.0. The molecule has 0 bridgehead atoms. The fourth-order valence-corrected chi connectivity index (χ4v) is 2.77. The largest absolute Gasteiger partial charge is 0.368 e. The lowest BCUT2D eigenvalue weighted by atomic mass is 9.92. The summed E-state index contributed by atoms with van der Waals surface area (Å²) in [6, 6.07) is 7.20. The second kappa shape index (κ2) is 9.24. The number of benzene rings is 1. The predicted molar refractivity (Wildman–Crippen MR) is 94.6 cm³/mol. The van der Waals surface area contributed by atoms with E-state index in [1.165, 1.54) is 6.07 Å². The summed E-state index contributed by atoms with van der Waals surface area (Å²) >= 11 is 0. The lowest BCUT2D eigenvalue weighted by molar-refractivity contribution is 0.373. The van der Waals surface area contributed by atoms with Gasteiger partial charge in [0.05, 0.1) is 0 Å². The van der Waals surface area contributed by atoms with Crippen LogP contribution in [0.4, 0.5) is 4.39 Å². The van der Waals surface area contributed by atoms with Crippen molar-refractivity contribution in [1.29, 1.82) is 5.41 Å². The van der Waals surface area contributed by atoms with Crippen LogP contribution in [0.15, 0.2) is 36.2 Å². The van der Waals surface area contributed by atoms with E-state index >= 15 is 0 Å². The maximum atomic E-state index is 13.7. The molecule has 7 N–H and O–H groups in total. The SMILES string of the molecule is CNN/C(=C\C(=N)N[C@H]1CC[C@H](N)CC1)NCc1ccccc1F. The van der Waals surface area contributed by atoms with Crippen molar-refractivity contribution in [3.8, 4) is 0 Å². The van der Waals surface area contributed by atoms with Gasteiger partial charge in [-0.05, 0) is 31.7 Å². The van der Waals surface area contributed by atoms with Crippen molar-refractivity contribution in [1.82, 2.24) is 21.5 Å². The van der Waals surface area contributed by atoms with Gasteiger partial charge in [-0.2, -0.15) is 0 Å². The molecule has 2 rings (SSSR count). The highest BCUT2D eigenvalue weighted by molar-refractivity contribution is 5.90. The Labute approximate surface area is 142 Å². The first kappa shape index (κ1) is 18.2. The Balaban J connectivity index is 1.89. The Morgan fingerprint density at radius 2 is 2.00 bits per heavy atom. The molecule has 0 heterocycles. The Kier molecular flexibility index (Phi) is 7.02. The molecular weight excluding hydrogens is 307 g/mol. The van der Waals surface area contributed by atoms with Gasteiger partial charge in [-0.15, -0.1) is 0 Å². The standard InChI is InChI=1S/C17H27FN6/c1-21-24-17(22-11-12-4-2-3-5-15(12)18)10-16(20)23-14-8-6-13(19)7-9-14/h2-5,10,13-14,21-22,24H,6-9,11,19H2,1H3,(H2,20,23)/b17-10-/t13-,14-. The molecule has 0 aromatic heterocycles. The Hall–Kier alpha value is -2.12. The smallest absolute Gasteiger partial charge is 0.128 e. The average Bonchev–Trinajstić information content (AvgIpc) is 2.56. The van der Waals surface area contributed by atoms with E-state index in [2.05, 4.69) is 21.5 Å². The maximum Gasteiger partial charge on any atom is 0.128 e. The third-order valence-corrected chi connectivity index (χ3v) is 4.11. The highest BCUT2D eigenvalue weighted by Gasteiger charge is 2.18. The number of nitrogens with two attached hydrogens (primary N) is 1. The van der Waals surface area contributed by atoms with Crippen LogP contribution in [0, 0.1) is 11.2 Å². The molecule has 1 aliphatic rings. The van der Waals surface area contributed by atoms with Gasteiger partial charge in [0.2, 0.25) is 0 Å². The van der Waals surface area contributed by atoms with Gasteiger partial charge in [-0.1, -0.05) is 18.2 Å². The molecule has 7 heteroatoms. The van der Waals surface area contributed by atoms with Gasteiger partial charge in [0.25, 0.3) is 0 Å². The molecule has 132 valence electrons. The average molecular weight is 334 g/mol. The molecule has 1 aromatic carbocycles. The van der Waals surface area contributed by atoms with Gasteiger partial charge >= 0.3 is 0 Å². The number of hydrazine groups is 1. The summed E-state index contributed by atoms with van der Waals surface area (Å²) < 4.78 is 13.7. The quantitative estimate of drug-likeness (QED) is 0.257. The zero-order valence-electron chi connectivity index (χ0n) is 14.0. The van der Waals surface area contributed by atoms with E-state index in [1.807, 2.05) is 0 Å². The number of halogens is 1. The highest BCUT2D eigenvalue weighted by atomic mass is 19.1. The predicted octanol–water partition coefficient (Wildman–Crippen LogP) is 1.32. The minimum absolute atomic E-state index is 0.249. The first-order valence-corrected chi connectivity index (χ1v) is 8.31. The van der Waals surface area contributed by atoms with Crippen molar-refractivity contribution >= 4 is 5.84 Å². The van der Waals surface area contributed by atoms with Crippen molar-refractivity contribution in [2.75, 3.05) is 7.05 Å². The summed E-state index contributed by atoms with van der Waals surface area (Å²) in [4.78, 5) is 0. The highest BCUT2D eigenvalue weighted by Crippen LogP contribution is 2.16. The van der Waals surface area contributed by atoms with Crippen LogP contribution in [0.2, 0.25) is 0 Å². The molecule has 0 radical (unpaired) electrons. The summed E-state index contributed by atoms with van der Waals surface area (Å²) in [5.74, 6) is 0.667. The molecule has 1 aliphatic carbocycles. The van der Waals surface area contributed by atoms with Crippen LogP contribution < -0.4 is 27.2 Å². The van der Waals surface area contributed by atoms with Crippen LogP contribution in [-0.2, 0) is 6.54 Å². The first-order valence-electron chi connectivity index (χ1n) is 8.31. The number of nitrogens with one attached hydrogen (secondary N) is 5. The molecule has 1 saturated carbocycles. The molecule has 1 aromatic rings. The lowest BCUT2D eigenvalue weighted by Gasteiger charge is -2.27. The molecule has 6 nitrogen and oxygen atoms in total. The molecular formula is C17H27FN6. The van der Waals surface area contributed by atoms with Crippen LogP contribution in [0.3, 0.4) is 0 Å². The Morgan fingerprint density at radius 3 is 2.67 bits per heavy atom. The fourth-order valence-electron chi connectivity index (χ4n) is 2.77. The normalized spacial score (nSPS) is 21.2. The van der Waals surface area contributed by atoms with Crippen molar-refractivity contribution in [3.05, 3.63) is 47.5 Å². The number of hydrogen-bond acceptors (Lipinski definition) is 5. The van der Waals surface area contributed by atoms with E-state index in [4.69, 9.17) is 11.1 Å². The van der Waals surface area contributed by atoms with Crippen molar-refractivity contribution in [2.45, 2.75) is 44.3 Å². The van der Waals surface area contributed by atoms with Gasteiger partial charge in [-0.25, -0.2) is 9.82 Å². The Morgan fingerprint density at radius 1 is 1.29 bits per heavy atom. The molecule has 0 spiro atoms. The maximum absolute atomic E-state index is 13.7. The van der Waals surface area contributed by atoms with E-state index in [0.29, 0.717) is 23.8 Å². The van der Waals surface area contributed by atoms with Gasteiger partial charge < -0.3 is 21.8 Å². The first-order chi connectivity index (χ1) is 11.6. The summed E-state index contributed by atoms with van der Waals surface area (Å²) in [5, 5.41) is 14.4. The zero-order chi connectivity index (χ0) is 17.4. The van der Waals surface area contributed by atoms with Crippen molar-refractivity contribution < 1.29 is 4.39 Å². The van der Waals surface area contributed by atoms with Gasteiger partial charge in [0.15, 0.2) is 0 Å². The Bertz CT molecular complexity index is 566. The van der Waals surface area contributed by atoms with Gasteiger partial charge in [0, 0.05) is 37.3 Å². The van der Waals surface area contributed by atoms with Crippen molar-refractivity contribution in [3.63, 3.8) is 0 Å². The molecule has 1 fully saturated rings. The van der Waals surface area contributed by atoms with E-state index in [0.717, 1.165) is 25.7 Å². The third-order valence-electron chi connectivity index (χ3n) is 4.11. The fraction of sp³-hybridized carbons (Fsp3) is 0.471. The third kappa shape index (κ3) is 5.82. The second-order valence-corrected chi connectivity index (χ2v) is 6.05. The van der Waals surface area contributed by atoms with Gasteiger partial charge in [0.1, 0.15) is 17.5 Å². The summed E-state index contributed by atoms with van der Waals surface area (Å²) in [6.45, 7) is 0.332. The molecule has 24 heavy (non-hydrogen) atoms. The van der Waals surface area contributed by atoms with E-state index in [1.54, 1.807) is 31.3 Å². The number of rotatable bonds is 7. The second-order valence-electron chi connectivity index (χ2n) is 6.05. The number of hydrogen-bond donors (Lipinski definition) is 6. The van der Waals surface area contributed by atoms with Crippen molar-refractivity contribution in [2.24, 2.45) is 5.73 Å². The van der Waals surface area contributed by atoms with Crippen LogP contribution in [-0.4, -0.2) is 25.0 Å². The molecule has 0 aliphatic heterocycles. The summed E-state index contributed by atoms with van der Waals surface area (Å²) in [5.41, 5.74) is 12.2. The monoisotopic (exact) mass is 334 g/mol. The molecule has 0 amide bonds. The molecule has 0 saturated heterocycles. The summed E-state index contributed by atoms with van der Waals surface area (Å²) in [6.07, 6.45) is 5.60. The topological polar surface area (TPSA) is 98.0 Å². The minimum atomic E-state index is -0.249. The van der Waals surface area contributed by atoms with E-state index in [-0.39, 0.29) is 17.9 Å². The van der Waals surface area contributed by atoms with Crippen LogP contribution in [0.1, 0.15) is 31.2 Å². The van der Waals surface area contributed by atoms with Crippen LogP contribution in [0.5, 0.6) is 0 Å². The molecule has 0 unspecified atom stereocenters. The van der Waals surface area contributed by atoms with Crippen LogP contribution in [0.25, 0.3) is 0 Å². The lowest BCUT2D eigenvalue weighted by Crippen LogP contribution is -2.41. The summed E-state index contributed by atoms with van der Waals surface area (Å²) in [7, 11) is 1.73. The molecule has 0 atom stereocenters.